The van der Waals surface area contributed by atoms with Crippen LogP contribution < -0.4 is 9.47 Å². The maximum absolute atomic E-state index is 10.1. The fraction of sp³-hybridized carbons (Fsp3) is 0.250. The number of ether oxygens (including phenoxy) is 2. The second kappa shape index (κ2) is 4.30. The van der Waals surface area contributed by atoms with Gasteiger partial charge in [0, 0.05) is 12.3 Å². The lowest BCUT2D eigenvalue weighted by atomic mass is 10.4. The van der Waals surface area contributed by atoms with Gasteiger partial charge in [0.2, 0.25) is 5.88 Å². The molecule has 1 aromatic heterocycles. The van der Waals surface area contributed by atoms with Crippen molar-refractivity contribution in [2.24, 2.45) is 0 Å². The van der Waals surface area contributed by atoms with Crippen LogP contribution in [0.3, 0.4) is 0 Å². The first-order valence-electron chi connectivity index (χ1n) is 3.57. The van der Waals surface area contributed by atoms with Gasteiger partial charge in [-0.25, -0.2) is 9.78 Å². The molecule has 0 spiro atoms. The first-order chi connectivity index (χ1) is 6.22. The molecule has 1 rings (SSSR count). The van der Waals surface area contributed by atoms with E-state index in [1.165, 1.54) is 19.4 Å². The highest BCUT2D eigenvalue weighted by Crippen LogP contribution is 2.15. The fourth-order valence-electron chi connectivity index (χ4n) is 0.733. The molecule has 0 atom stereocenters. The van der Waals surface area contributed by atoms with E-state index in [-0.39, 0.29) is 5.88 Å². The third-order valence-electron chi connectivity index (χ3n) is 1.29. The van der Waals surface area contributed by atoms with Gasteiger partial charge in [-0.3, -0.25) is 0 Å². The lowest BCUT2D eigenvalue weighted by Crippen LogP contribution is -2.10. The number of carboxylic acids is 1. The number of hydrogen-bond acceptors (Lipinski definition) is 4. The second-order valence-electron chi connectivity index (χ2n) is 2.22. The average molecular weight is 183 g/mol. The van der Waals surface area contributed by atoms with Gasteiger partial charge >= 0.3 is 5.97 Å². The predicted molar refractivity (Wildman–Crippen MR) is 43.9 cm³/mol. The van der Waals surface area contributed by atoms with Crippen LogP contribution in [0.4, 0.5) is 0 Å². The van der Waals surface area contributed by atoms with E-state index in [2.05, 4.69) is 4.98 Å². The summed E-state index contributed by atoms with van der Waals surface area (Å²) in [5.41, 5.74) is 0. The monoisotopic (exact) mass is 183 g/mol. The molecule has 0 saturated carbocycles. The summed E-state index contributed by atoms with van der Waals surface area (Å²) in [5.74, 6) is -0.221. The summed E-state index contributed by atoms with van der Waals surface area (Å²) in [6, 6.07) is 3.16. The van der Waals surface area contributed by atoms with E-state index in [4.69, 9.17) is 14.6 Å². The highest BCUT2D eigenvalue weighted by molar-refractivity contribution is 5.68. The number of pyridine rings is 1. The van der Waals surface area contributed by atoms with Crippen molar-refractivity contribution in [1.29, 1.82) is 0 Å². The molecule has 5 heteroatoms. The summed E-state index contributed by atoms with van der Waals surface area (Å²) in [5, 5.41) is 8.32. The Hall–Kier alpha value is -1.78. The molecular weight excluding hydrogens is 174 g/mol. The Balaban J connectivity index is 2.61. The molecule has 0 radical (unpaired) electrons. The van der Waals surface area contributed by atoms with Gasteiger partial charge < -0.3 is 14.6 Å². The van der Waals surface area contributed by atoms with Crippen LogP contribution in [0.5, 0.6) is 11.6 Å². The number of aromatic nitrogens is 1. The standard InChI is InChI=1S/C8H9NO4/c1-12-6-2-3-9-7(4-6)13-5-8(10)11/h2-4H,5H2,1H3,(H,10,11). The fourth-order valence-corrected chi connectivity index (χ4v) is 0.733. The molecule has 0 amide bonds. The molecule has 5 nitrogen and oxygen atoms in total. The lowest BCUT2D eigenvalue weighted by Gasteiger charge is -2.03. The molecule has 13 heavy (non-hydrogen) atoms. The Kier molecular flexibility index (Phi) is 3.08. The quantitative estimate of drug-likeness (QED) is 0.738. The van der Waals surface area contributed by atoms with Crippen molar-refractivity contribution < 1.29 is 19.4 Å². The number of carbonyl (C=O) groups is 1. The first kappa shape index (κ1) is 9.31. The molecule has 1 N–H and O–H groups in total. The van der Waals surface area contributed by atoms with Crippen molar-refractivity contribution in [3.8, 4) is 11.6 Å². The average Bonchev–Trinajstić information content (AvgIpc) is 2.15. The summed E-state index contributed by atoms with van der Waals surface area (Å²) < 4.78 is 9.71. The molecule has 0 unspecified atom stereocenters. The minimum Gasteiger partial charge on any atom is -0.497 e. The van der Waals surface area contributed by atoms with E-state index in [0.717, 1.165) is 0 Å². The summed E-state index contributed by atoms with van der Waals surface area (Å²) in [7, 11) is 1.51. The minimum absolute atomic E-state index is 0.238. The van der Waals surface area contributed by atoms with Crippen LogP contribution >= 0.6 is 0 Å². The van der Waals surface area contributed by atoms with E-state index < -0.39 is 12.6 Å². The predicted octanol–water partition coefficient (Wildman–Crippen LogP) is 0.554. The number of hydrogen-bond donors (Lipinski definition) is 1. The van der Waals surface area contributed by atoms with E-state index in [1.807, 2.05) is 0 Å². The van der Waals surface area contributed by atoms with Gasteiger partial charge in [0.25, 0.3) is 0 Å². The van der Waals surface area contributed by atoms with Crippen molar-refractivity contribution in [3.05, 3.63) is 18.3 Å². The number of rotatable bonds is 4. The highest BCUT2D eigenvalue weighted by atomic mass is 16.5. The zero-order chi connectivity index (χ0) is 9.68. The molecule has 1 aromatic rings. The number of nitrogens with zero attached hydrogens (tertiary/aromatic N) is 1. The minimum atomic E-state index is -1.04. The van der Waals surface area contributed by atoms with Gasteiger partial charge in [0.15, 0.2) is 6.61 Å². The molecule has 0 aliphatic heterocycles. The molecule has 0 saturated heterocycles. The Morgan fingerprint density at radius 3 is 3.08 bits per heavy atom. The molecule has 0 fully saturated rings. The molecule has 0 aromatic carbocycles. The van der Waals surface area contributed by atoms with Gasteiger partial charge in [-0.1, -0.05) is 0 Å². The third-order valence-corrected chi connectivity index (χ3v) is 1.29. The Morgan fingerprint density at radius 1 is 1.69 bits per heavy atom. The molecule has 70 valence electrons. The van der Waals surface area contributed by atoms with Gasteiger partial charge in [-0.05, 0) is 6.07 Å². The van der Waals surface area contributed by atoms with Crippen molar-refractivity contribution in [2.45, 2.75) is 0 Å². The zero-order valence-electron chi connectivity index (χ0n) is 7.06. The highest BCUT2D eigenvalue weighted by Gasteiger charge is 2.01. The van der Waals surface area contributed by atoms with Crippen LogP contribution in [0.25, 0.3) is 0 Å². The van der Waals surface area contributed by atoms with Crippen molar-refractivity contribution in [2.75, 3.05) is 13.7 Å². The Morgan fingerprint density at radius 2 is 2.46 bits per heavy atom. The van der Waals surface area contributed by atoms with Crippen molar-refractivity contribution >= 4 is 5.97 Å². The Bertz CT molecular complexity index is 300. The largest absolute Gasteiger partial charge is 0.497 e. The van der Waals surface area contributed by atoms with E-state index >= 15 is 0 Å². The van der Waals surface area contributed by atoms with Crippen molar-refractivity contribution in [1.82, 2.24) is 4.98 Å². The smallest absolute Gasteiger partial charge is 0.341 e. The molecule has 0 aliphatic carbocycles. The maximum atomic E-state index is 10.1. The van der Waals surface area contributed by atoms with Crippen molar-refractivity contribution in [3.63, 3.8) is 0 Å². The molecule has 0 bridgehead atoms. The van der Waals surface area contributed by atoms with E-state index in [9.17, 15) is 4.79 Å². The van der Waals surface area contributed by atoms with Gasteiger partial charge in [0.05, 0.1) is 7.11 Å². The number of carboxylic acid groups (broad SMARTS) is 1. The summed E-state index contributed by atoms with van der Waals surface area (Å²) in [4.78, 5) is 13.9. The SMILES string of the molecule is COc1ccnc(OCC(=O)O)c1. The van der Waals surface area contributed by atoms with Crippen LogP contribution in [0.1, 0.15) is 0 Å². The number of aliphatic carboxylic acids is 1. The summed E-state index contributed by atoms with van der Waals surface area (Å²) in [6.07, 6.45) is 1.48. The summed E-state index contributed by atoms with van der Waals surface area (Å²) in [6.45, 7) is -0.403. The van der Waals surface area contributed by atoms with Crippen LogP contribution in [0, 0.1) is 0 Å². The lowest BCUT2D eigenvalue weighted by molar-refractivity contribution is -0.139. The topological polar surface area (TPSA) is 68.7 Å². The normalized spacial score (nSPS) is 9.31. The van der Waals surface area contributed by atoms with Crippen LogP contribution in [0.2, 0.25) is 0 Å². The van der Waals surface area contributed by atoms with E-state index in [1.54, 1.807) is 6.07 Å². The van der Waals surface area contributed by atoms with Crippen LogP contribution in [-0.4, -0.2) is 29.8 Å². The van der Waals surface area contributed by atoms with Crippen LogP contribution in [-0.2, 0) is 4.79 Å². The maximum Gasteiger partial charge on any atom is 0.341 e. The van der Waals surface area contributed by atoms with Gasteiger partial charge in [0.1, 0.15) is 5.75 Å². The third kappa shape index (κ3) is 2.98. The number of methoxy groups -OCH3 is 1. The van der Waals surface area contributed by atoms with Gasteiger partial charge in [-0.2, -0.15) is 0 Å². The zero-order valence-corrected chi connectivity index (χ0v) is 7.06. The Labute approximate surface area is 74.9 Å². The second-order valence-corrected chi connectivity index (χ2v) is 2.22. The van der Waals surface area contributed by atoms with E-state index in [0.29, 0.717) is 5.75 Å². The van der Waals surface area contributed by atoms with Crippen LogP contribution in [0.15, 0.2) is 18.3 Å². The first-order valence-corrected chi connectivity index (χ1v) is 3.57. The summed E-state index contributed by atoms with van der Waals surface area (Å²) >= 11 is 0. The molecule has 0 aliphatic rings. The molecule has 1 heterocycles. The molecular formula is C8H9NO4. The van der Waals surface area contributed by atoms with Gasteiger partial charge in [-0.15, -0.1) is 0 Å².